The number of hydrogen-bond acceptors (Lipinski definition) is 3. The lowest BCUT2D eigenvalue weighted by atomic mass is 10.4. The van der Waals surface area contributed by atoms with Crippen molar-refractivity contribution < 1.29 is 4.74 Å². The molecule has 0 aromatic heterocycles. The van der Waals surface area contributed by atoms with Crippen molar-refractivity contribution >= 4 is 17.7 Å². The molecule has 0 rings (SSSR count). The standard InChI is InChI=1S/C11H25N3OS/c1-4-12-11(13-7-5-9-15-2)14-8-6-10-16-3/h4-10H2,1-3H3,(H2,12,13,14). The number of guanidine groups is 1. The van der Waals surface area contributed by atoms with Gasteiger partial charge >= 0.3 is 0 Å². The molecular weight excluding hydrogens is 222 g/mol. The number of nitrogens with zero attached hydrogens (tertiary/aromatic N) is 1. The minimum Gasteiger partial charge on any atom is -0.385 e. The summed E-state index contributed by atoms with van der Waals surface area (Å²) >= 11 is 1.86. The fraction of sp³-hybridized carbons (Fsp3) is 0.909. The van der Waals surface area contributed by atoms with Crippen LogP contribution in [0.1, 0.15) is 19.8 Å². The van der Waals surface area contributed by atoms with E-state index >= 15 is 0 Å². The summed E-state index contributed by atoms with van der Waals surface area (Å²) in [4.78, 5) is 4.49. The first-order chi connectivity index (χ1) is 7.85. The van der Waals surface area contributed by atoms with Crippen LogP contribution in [0.25, 0.3) is 0 Å². The maximum atomic E-state index is 4.99. The van der Waals surface area contributed by atoms with E-state index in [1.165, 1.54) is 5.75 Å². The Hall–Kier alpha value is -0.420. The Morgan fingerprint density at radius 3 is 2.75 bits per heavy atom. The Kier molecular flexibility index (Phi) is 12.3. The molecule has 0 bridgehead atoms. The van der Waals surface area contributed by atoms with Gasteiger partial charge in [0, 0.05) is 33.4 Å². The fourth-order valence-corrected chi connectivity index (χ4v) is 1.58. The van der Waals surface area contributed by atoms with Gasteiger partial charge in [0.1, 0.15) is 0 Å². The Balaban J connectivity index is 3.67. The normalized spacial score (nSPS) is 11.6. The van der Waals surface area contributed by atoms with E-state index in [0.717, 1.165) is 45.0 Å². The third kappa shape index (κ3) is 10.1. The molecule has 0 fully saturated rings. The van der Waals surface area contributed by atoms with Gasteiger partial charge in [-0.3, -0.25) is 4.99 Å². The molecule has 2 N–H and O–H groups in total. The largest absolute Gasteiger partial charge is 0.385 e. The van der Waals surface area contributed by atoms with E-state index in [-0.39, 0.29) is 0 Å². The summed E-state index contributed by atoms with van der Waals surface area (Å²) in [6, 6.07) is 0. The summed E-state index contributed by atoms with van der Waals surface area (Å²) < 4.78 is 4.99. The van der Waals surface area contributed by atoms with Crippen LogP contribution in [0, 0.1) is 0 Å². The number of nitrogens with one attached hydrogen (secondary N) is 2. The average molecular weight is 247 g/mol. The van der Waals surface area contributed by atoms with E-state index in [0.29, 0.717) is 0 Å². The topological polar surface area (TPSA) is 45.7 Å². The van der Waals surface area contributed by atoms with Crippen LogP contribution in [0.2, 0.25) is 0 Å². The molecule has 0 aromatic rings. The SMILES string of the molecule is CCNC(=NCCCSC)NCCCOC. The number of methoxy groups -OCH3 is 1. The molecule has 4 nitrogen and oxygen atoms in total. The maximum absolute atomic E-state index is 4.99. The highest BCUT2D eigenvalue weighted by atomic mass is 32.2. The summed E-state index contributed by atoms with van der Waals surface area (Å²) in [5.74, 6) is 2.09. The lowest BCUT2D eigenvalue weighted by Crippen LogP contribution is -2.38. The molecule has 0 amide bonds. The van der Waals surface area contributed by atoms with Gasteiger partial charge in [-0.2, -0.15) is 11.8 Å². The van der Waals surface area contributed by atoms with Crippen molar-refractivity contribution in [2.45, 2.75) is 19.8 Å². The second-order valence-electron chi connectivity index (χ2n) is 3.38. The second-order valence-corrected chi connectivity index (χ2v) is 4.37. The third-order valence-corrected chi connectivity index (χ3v) is 2.64. The second kappa shape index (κ2) is 12.6. The molecule has 0 spiro atoms. The van der Waals surface area contributed by atoms with Gasteiger partial charge in [-0.15, -0.1) is 0 Å². The van der Waals surface area contributed by atoms with Gasteiger partial charge in [-0.25, -0.2) is 0 Å². The summed E-state index contributed by atoms with van der Waals surface area (Å²) in [5, 5.41) is 6.51. The van der Waals surface area contributed by atoms with Crippen molar-refractivity contribution in [1.82, 2.24) is 10.6 Å². The van der Waals surface area contributed by atoms with Crippen molar-refractivity contribution in [3.8, 4) is 0 Å². The highest BCUT2D eigenvalue weighted by Crippen LogP contribution is 1.94. The predicted octanol–water partition coefficient (Wildman–Crippen LogP) is 1.33. The van der Waals surface area contributed by atoms with Gasteiger partial charge in [0.2, 0.25) is 0 Å². The lowest BCUT2D eigenvalue weighted by molar-refractivity contribution is 0.195. The Morgan fingerprint density at radius 1 is 1.31 bits per heavy atom. The molecule has 0 heterocycles. The molecule has 0 radical (unpaired) electrons. The predicted molar refractivity (Wildman–Crippen MR) is 73.5 cm³/mol. The van der Waals surface area contributed by atoms with Gasteiger partial charge in [-0.1, -0.05) is 0 Å². The van der Waals surface area contributed by atoms with Gasteiger partial charge in [0.25, 0.3) is 0 Å². The molecule has 0 aromatic carbocycles. The molecule has 0 unspecified atom stereocenters. The Labute approximate surface area is 104 Å². The van der Waals surface area contributed by atoms with E-state index in [4.69, 9.17) is 4.74 Å². The van der Waals surface area contributed by atoms with Crippen molar-refractivity contribution in [2.75, 3.05) is 45.4 Å². The number of aliphatic imine (C=N–C) groups is 1. The molecule has 0 aliphatic heterocycles. The minimum absolute atomic E-state index is 0.791. The highest BCUT2D eigenvalue weighted by molar-refractivity contribution is 7.98. The smallest absolute Gasteiger partial charge is 0.191 e. The summed E-state index contributed by atoms with van der Waals surface area (Å²) in [7, 11) is 1.72. The summed E-state index contributed by atoms with van der Waals surface area (Å²) in [6.07, 6.45) is 4.26. The quantitative estimate of drug-likeness (QED) is 0.366. The van der Waals surface area contributed by atoms with E-state index in [2.05, 4.69) is 28.8 Å². The highest BCUT2D eigenvalue weighted by Gasteiger charge is 1.95. The molecule has 16 heavy (non-hydrogen) atoms. The van der Waals surface area contributed by atoms with Gasteiger partial charge in [0.15, 0.2) is 5.96 Å². The zero-order valence-electron chi connectivity index (χ0n) is 10.7. The van der Waals surface area contributed by atoms with Crippen LogP contribution < -0.4 is 10.6 Å². The van der Waals surface area contributed by atoms with Gasteiger partial charge < -0.3 is 15.4 Å². The summed E-state index contributed by atoms with van der Waals surface area (Å²) in [6.45, 7) is 5.56. The van der Waals surface area contributed by atoms with Crippen LogP contribution >= 0.6 is 11.8 Å². The van der Waals surface area contributed by atoms with Crippen LogP contribution in [-0.2, 0) is 4.74 Å². The zero-order chi connectivity index (χ0) is 12.1. The first-order valence-corrected chi connectivity index (χ1v) is 7.24. The summed E-state index contributed by atoms with van der Waals surface area (Å²) in [5.41, 5.74) is 0. The van der Waals surface area contributed by atoms with Crippen LogP contribution in [0.3, 0.4) is 0 Å². The van der Waals surface area contributed by atoms with E-state index in [1.807, 2.05) is 11.8 Å². The van der Waals surface area contributed by atoms with Crippen LogP contribution in [0.15, 0.2) is 4.99 Å². The minimum atomic E-state index is 0.791. The van der Waals surface area contributed by atoms with Crippen LogP contribution in [0.4, 0.5) is 0 Å². The van der Waals surface area contributed by atoms with E-state index in [9.17, 15) is 0 Å². The Morgan fingerprint density at radius 2 is 2.12 bits per heavy atom. The van der Waals surface area contributed by atoms with E-state index < -0.39 is 0 Å². The van der Waals surface area contributed by atoms with Crippen LogP contribution in [0.5, 0.6) is 0 Å². The molecule has 0 saturated heterocycles. The molecule has 0 atom stereocenters. The number of thioether (sulfide) groups is 1. The first kappa shape index (κ1) is 15.6. The molecule has 0 aliphatic carbocycles. The average Bonchev–Trinajstić information content (AvgIpc) is 2.30. The fourth-order valence-electron chi connectivity index (χ4n) is 1.16. The zero-order valence-corrected chi connectivity index (χ0v) is 11.5. The van der Waals surface area contributed by atoms with Crippen molar-refractivity contribution in [2.24, 2.45) is 4.99 Å². The number of hydrogen-bond donors (Lipinski definition) is 2. The number of ether oxygens (including phenoxy) is 1. The Bertz CT molecular complexity index is 177. The van der Waals surface area contributed by atoms with Crippen LogP contribution in [-0.4, -0.2) is 51.3 Å². The lowest BCUT2D eigenvalue weighted by Gasteiger charge is -2.10. The molecule has 5 heteroatoms. The monoisotopic (exact) mass is 247 g/mol. The van der Waals surface area contributed by atoms with Crippen molar-refractivity contribution in [1.29, 1.82) is 0 Å². The van der Waals surface area contributed by atoms with E-state index in [1.54, 1.807) is 7.11 Å². The van der Waals surface area contributed by atoms with Gasteiger partial charge in [0.05, 0.1) is 0 Å². The van der Waals surface area contributed by atoms with Crippen molar-refractivity contribution in [3.63, 3.8) is 0 Å². The molecular formula is C11H25N3OS. The third-order valence-electron chi connectivity index (χ3n) is 1.94. The molecule has 96 valence electrons. The number of rotatable bonds is 9. The van der Waals surface area contributed by atoms with Gasteiger partial charge in [-0.05, 0) is 31.8 Å². The molecule has 0 aliphatic rings. The maximum Gasteiger partial charge on any atom is 0.191 e. The first-order valence-electron chi connectivity index (χ1n) is 5.85. The van der Waals surface area contributed by atoms with Crippen molar-refractivity contribution in [3.05, 3.63) is 0 Å². The molecule has 0 saturated carbocycles.